The lowest BCUT2D eigenvalue weighted by atomic mass is 10.1. The van der Waals surface area contributed by atoms with Crippen LogP contribution in [-0.2, 0) is 13.9 Å². The summed E-state index contributed by atoms with van der Waals surface area (Å²) in [5.41, 5.74) is 5.44. The van der Waals surface area contributed by atoms with Crippen LogP contribution < -0.4 is 11.1 Å². The van der Waals surface area contributed by atoms with Gasteiger partial charge in [0.2, 0.25) is 5.91 Å². The molecule has 0 spiro atoms. The van der Waals surface area contributed by atoms with E-state index in [1.54, 1.807) is 0 Å². The predicted molar refractivity (Wildman–Crippen MR) is 77.0 cm³/mol. The molecule has 0 saturated heterocycles. The standard InChI is InChI=1S/C12H27N2O5P/c1-2-3-4-5-6-7-8-9-14-12(15)11(13)10-19-20(16,17)18/h11H,2-10,13H2,1H3,(H,14,15)(H2,16,17,18). The first-order chi connectivity index (χ1) is 9.37. The van der Waals surface area contributed by atoms with Gasteiger partial charge >= 0.3 is 7.82 Å². The molecule has 0 bridgehead atoms. The second-order valence-electron chi connectivity index (χ2n) is 4.81. The number of hydrogen-bond acceptors (Lipinski definition) is 4. The summed E-state index contributed by atoms with van der Waals surface area (Å²) in [4.78, 5) is 28.4. The molecule has 0 aromatic heterocycles. The van der Waals surface area contributed by atoms with E-state index in [1.165, 1.54) is 25.7 Å². The molecule has 0 aliphatic rings. The van der Waals surface area contributed by atoms with Crippen LogP contribution in [0.15, 0.2) is 0 Å². The minimum absolute atomic E-state index is 0.454. The molecule has 0 radical (unpaired) electrons. The largest absolute Gasteiger partial charge is 0.469 e. The van der Waals surface area contributed by atoms with Gasteiger partial charge in [0.15, 0.2) is 0 Å². The number of carbonyl (C=O) groups excluding carboxylic acids is 1. The zero-order chi connectivity index (χ0) is 15.4. The minimum Gasteiger partial charge on any atom is -0.355 e. The lowest BCUT2D eigenvalue weighted by Gasteiger charge is -2.12. The Balaban J connectivity index is 3.50. The number of nitrogens with one attached hydrogen (secondary N) is 1. The van der Waals surface area contributed by atoms with Crippen molar-refractivity contribution < 1.29 is 23.7 Å². The maximum Gasteiger partial charge on any atom is 0.469 e. The maximum absolute atomic E-state index is 11.5. The summed E-state index contributed by atoms with van der Waals surface area (Å²) in [6.45, 7) is 2.21. The lowest BCUT2D eigenvalue weighted by Crippen LogP contribution is -2.43. The number of hydrogen-bond donors (Lipinski definition) is 4. The Morgan fingerprint density at radius 2 is 1.75 bits per heavy atom. The van der Waals surface area contributed by atoms with Gasteiger partial charge in [0.25, 0.3) is 0 Å². The van der Waals surface area contributed by atoms with E-state index in [-0.39, 0.29) is 0 Å². The van der Waals surface area contributed by atoms with Crippen LogP contribution in [0.3, 0.4) is 0 Å². The van der Waals surface area contributed by atoms with Crippen molar-refractivity contribution >= 4 is 13.7 Å². The maximum atomic E-state index is 11.5. The molecule has 120 valence electrons. The molecule has 0 saturated carbocycles. The first-order valence-corrected chi connectivity index (χ1v) is 8.63. The number of unbranched alkanes of at least 4 members (excludes halogenated alkanes) is 6. The second kappa shape index (κ2) is 11.2. The van der Waals surface area contributed by atoms with Crippen LogP contribution >= 0.6 is 7.82 Å². The van der Waals surface area contributed by atoms with Crippen molar-refractivity contribution in [1.82, 2.24) is 5.32 Å². The highest BCUT2D eigenvalue weighted by atomic mass is 31.2. The van der Waals surface area contributed by atoms with Crippen LogP contribution in [0.4, 0.5) is 0 Å². The summed E-state index contributed by atoms with van der Waals surface area (Å²) < 4.78 is 14.6. The number of phosphoric acid groups is 1. The topological polar surface area (TPSA) is 122 Å². The van der Waals surface area contributed by atoms with Gasteiger partial charge < -0.3 is 20.8 Å². The van der Waals surface area contributed by atoms with Crippen LogP contribution in [0.25, 0.3) is 0 Å². The van der Waals surface area contributed by atoms with Crippen LogP contribution in [0.5, 0.6) is 0 Å². The van der Waals surface area contributed by atoms with Gasteiger partial charge in [-0.25, -0.2) is 4.57 Å². The van der Waals surface area contributed by atoms with Gasteiger partial charge in [-0.05, 0) is 6.42 Å². The van der Waals surface area contributed by atoms with Gasteiger partial charge in [0.05, 0.1) is 6.61 Å². The number of nitrogens with two attached hydrogens (primary N) is 1. The monoisotopic (exact) mass is 310 g/mol. The minimum atomic E-state index is -4.57. The van der Waals surface area contributed by atoms with Gasteiger partial charge in [-0.3, -0.25) is 9.32 Å². The molecule has 5 N–H and O–H groups in total. The number of carbonyl (C=O) groups is 1. The summed E-state index contributed by atoms with van der Waals surface area (Å²) in [6, 6.07) is -1.06. The van der Waals surface area contributed by atoms with Crippen molar-refractivity contribution in [2.75, 3.05) is 13.2 Å². The van der Waals surface area contributed by atoms with Crippen LogP contribution in [-0.4, -0.2) is 34.9 Å². The molecule has 1 atom stereocenters. The summed E-state index contributed by atoms with van der Waals surface area (Å²) in [5, 5.41) is 2.62. The van der Waals surface area contributed by atoms with E-state index in [1.807, 2.05) is 0 Å². The summed E-state index contributed by atoms with van der Waals surface area (Å²) in [6.07, 6.45) is 8.06. The van der Waals surface area contributed by atoms with E-state index in [9.17, 15) is 9.36 Å². The Hall–Kier alpha value is -0.460. The average molecular weight is 310 g/mol. The average Bonchev–Trinajstić information content (AvgIpc) is 2.38. The first kappa shape index (κ1) is 19.5. The van der Waals surface area contributed by atoms with E-state index in [0.29, 0.717) is 6.54 Å². The zero-order valence-corrected chi connectivity index (χ0v) is 13.0. The zero-order valence-electron chi connectivity index (χ0n) is 12.1. The fraction of sp³-hybridized carbons (Fsp3) is 0.917. The van der Waals surface area contributed by atoms with Gasteiger partial charge in [0, 0.05) is 6.54 Å². The summed E-state index contributed by atoms with van der Waals surface area (Å²) >= 11 is 0. The normalized spacial score (nSPS) is 13.2. The highest BCUT2D eigenvalue weighted by Crippen LogP contribution is 2.35. The van der Waals surface area contributed by atoms with Gasteiger partial charge in [-0.2, -0.15) is 0 Å². The molecular weight excluding hydrogens is 283 g/mol. The van der Waals surface area contributed by atoms with Gasteiger partial charge in [-0.15, -0.1) is 0 Å². The van der Waals surface area contributed by atoms with Crippen molar-refractivity contribution in [2.45, 2.75) is 57.9 Å². The third-order valence-electron chi connectivity index (χ3n) is 2.84. The third-order valence-corrected chi connectivity index (χ3v) is 3.32. The molecule has 0 fully saturated rings. The van der Waals surface area contributed by atoms with Crippen molar-refractivity contribution in [3.05, 3.63) is 0 Å². The Labute approximate surface area is 120 Å². The lowest BCUT2D eigenvalue weighted by molar-refractivity contribution is -0.123. The Morgan fingerprint density at radius 3 is 2.30 bits per heavy atom. The van der Waals surface area contributed by atoms with Crippen LogP contribution in [0.1, 0.15) is 51.9 Å². The molecule has 1 unspecified atom stereocenters. The highest BCUT2D eigenvalue weighted by Gasteiger charge is 2.20. The second-order valence-corrected chi connectivity index (χ2v) is 6.04. The molecule has 0 aliphatic carbocycles. The summed E-state index contributed by atoms with van der Waals surface area (Å²) in [7, 11) is -4.57. The van der Waals surface area contributed by atoms with Gasteiger partial charge in [-0.1, -0.05) is 45.4 Å². The molecule has 0 aliphatic heterocycles. The first-order valence-electron chi connectivity index (χ1n) is 7.10. The fourth-order valence-electron chi connectivity index (χ4n) is 1.68. The summed E-state index contributed by atoms with van der Waals surface area (Å²) in [5.74, 6) is -0.454. The molecule has 0 aromatic rings. The number of amides is 1. The molecule has 1 amide bonds. The van der Waals surface area contributed by atoms with E-state index in [4.69, 9.17) is 15.5 Å². The van der Waals surface area contributed by atoms with Crippen molar-refractivity contribution in [1.29, 1.82) is 0 Å². The fourth-order valence-corrected chi connectivity index (χ4v) is 2.03. The van der Waals surface area contributed by atoms with Gasteiger partial charge in [0.1, 0.15) is 6.04 Å². The number of rotatable bonds is 12. The third kappa shape index (κ3) is 12.6. The molecule has 7 nitrogen and oxygen atoms in total. The Bertz CT molecular complexity index is 308. The van der Waals surface area contributed by atoms with E-state index < -0.39 is 26.4 Å². The van der Waals surface area contributed by atoms with E-state index in [0.717, 1.165) is 19.3 Å². The van der Waals surface area contributed by atoms with Crippen LogP contribution in [0.2, 0.25) is 0 Å². The SMILES string of the molecule is CCCCCCCCCNC(=O)C(N)COP(=O)(O)O. The molecule has 0 aromatic carbocycles. The van der Waals surface area contributed by atoms with Crippen LogP contribution in [0, 0.1) is 0 Å². The van der Waals surface area contributed by atoms with Crippen molar-refractivity contribution in [2.24, 2.45) is 5.73 Å². The van der Waals surface area contributed by atoms with E-state index in [2.05, 4.69) is 16.8 Å². The quantitative estimate of drug-likeness (QED) is 0.318. The molecular formula is C12H27N2O5P. The molecule has 8 heteroatoms. The smallest absolute Gasteiger partial charge is 0.355 e. The molecule has 0 rings (SSSR count). The Kier molecular flexibility index (Phi) is 11.0. The predicted octanol–water partition coefficient (Wildman–Crippen LogP) is 1.29. The van der Waals surface area contributed by atoms with E-state index >= 15 is 0 Å². The van der Waals surface area contributed by atoms with Crippen molar-refractivity contribution in [3.63, 3.8) is 0 Å². The molecule has 0 heterocycles. The Morgan fingerprint density at radius 1 is 1.20 bits per heavy atom. The van der Waals surface area contributed by atoms with Crippen molar-refractivity contribution in [3.8, 4) is 0 Å². The highest BCUT2D eigenvalue weighted by molar-refractivity contribution is 7.46. The number of phosphoric ester groups is 1. The molecule has 20 heavy (non-hydrogen) atoms.